The molecule has 0 bridgehead atoms. The van der Waals surface area contributed by atoms with Crippen LogP contribution in [0.4, 0.5) is 4.39 Å². The summed E-state index contributed by atoms with van der Waals surface area (Å²) in [6, 6.07) is 0.594. The Morgan fingerprint density at radius 2 is 1.80 bits per heavy atom. The summed E-state index contributed by atoms with van der Waals surface area (Å²) in [7, 11) is 3.92. The van der Waals surface area contributed by atoms with Gasteiger partial charge in [0.1, 0.15) is 6.17 Å². The molecule has 2 atom stereocenters. The Kier molecular flexibility index (Phi) is 7.11. The van der Waals surface area contributed by atoms with Crippen LogP contribution in [0.15, 0.2) is 0 Å². The third-order valence-electron chi connectivity index (χ3n) is 2.93. The van der Waals surface area contributed by atoms with E-state index in [0.717, 1.165) is 13.0 Å². The number of halogens is 1. The van der Waals surface area contributed by atoms with Crippen molar-refractivity contribution in [1.29, 1.82) is 0 Å². The summed E-state index contributed by atoms with van der Waals surface area (Å²) in [6.07, 6.45) is 0.262. The van der Waals surface area contributed by atoms with Crippen molar-refractivity contribution >= 4 is 0 Å². The monoisotopic (exact) mass is 218 g/mol. The molecule has 3 heteroatoms. The largest absolute Gasteiger partial charge is 0.303 e. The van der Waals surface area contributed by atoms with Crippen LogP contribution in [-0.2, 0) is 0 Å². The smallest absolute Gasteiger partial charge is 0.128 e. The molecule has 0 saturated carbocycles. The van der Waals surface area contributed by atoms with E-state index in [1.165, 1.54) is 0 Å². The fourth-order valence-electron chi connectivity index (χ4n) is 1.97. The normalized spacial score (nSPS) is 27.8. The molecule has 0 spiro atoms. The molecule has 0 aromatic carbocycles. The summed E-state index contributed by atoms with van der Waals surface area (Å²) in [5.74, 6) is 0. The molecular weight excluding hydrogens is 191 g/mol. The van der Waals surface area contributed by atoms with Gasteiger partial charge in [0, 0.05) is 25.2 Å². The molecule has 1 saturated heterocycles. The second-order valence-electron chi connectivity index (χ2n) is 4.42. The van der Waals surface area contributed by atoms with Crippen molar-refractivity contribution in [2.45, 2.75) is 52.4 Å². The molecule has 2 unspecified atom stereocenters. The molecule has 0 amide bonds. The summed E-state index contributed by atoms with van der Waals surface area (Å²) in [5.41, 5.74) is 0. The summed E-state index contributed by atoms with van der Waals surface area (Å²) in [6.45, 7) is 9.88. The van der Waals surface area contributed by atoms with Gasteiger partial charge in [0.2, 0.25) is 0 Å². The van der Waals surface area contributed by atoms with E-state index >= 15 is 0 Å². The average Bonchev–Trinajstić information content (AvgIpc) is 2.20. The quantitative estimate of drug-likeness (QED) is 0.702. The molecule has 0 aliphatic carbocycles. The molecule has 1 fully saturated rings. The first-order valence-electron chi connectivity index (χ1n) is 6.07. The van der Waals surface area contributed by atoms with Crippen LogP contribution >= 0.6 is 0 Å². The molecule has 0 N–H and O–H groups in total. The minimum absolute atomic E-state index is 0.120. The van der Waals surface area contributed by atoms with Crippen molar-refractivity contribution < 1.29 is 4.39 Å². The molecule has 1 rings (SSSR count). The van der Waals surface area contributed by atoms with Gasteiger partial charge in [0.25, 0.3) is 0 Å². The van der Waals surface area contributed by atoms with Gasteiger partial charge in [-0.25, -0.2) is 4.39 Å². The van der Waals surface area contributed by atoms with Gasteiger partial charge in [-0.15, -0.1) is 0 Å². The summed E-state index contributed by atoms with van der Waals surface area (Å²) >= 11 is 0. The Balaban J connectivity index is 0.000000921. The van der Waals surface area contributed by atoms with Crippen LogP contribution in [-0.4, -0.2) is 55.2 Å². The highest BCUT2D eigenvalue weighted by molar-refractivity contribution is 4.86. The van der Waals surface area contributed by atoms with Crippen molar-refractivity contribution in [3.63, 3.8) is 0 Å². The van der Waals surface area contributed by atoms with Crippen LogP contribution < -0.4 is 0 Å². The summed E-state index contributed by atoms with van der Waals surface area (Å²) < 4.78 is 13.6. The van der Waals surface area contributed by atoms with Crippen molar-refractivity contribution in [2.75, 3.05) is 27.2 Å². The van der Waals surface area contributed by atoms with Gasteiger partial charge in [-0.1, -0.05) is 13.8 Å². The predicted octanol–water partition coefficient (Wildman–Crippen LogP) is 2.40. The third kappa shape index (κ3) is 4.47. The van der Waals surface area contributed by atoms with Crippen LogP contribution in [0.2, 0.25) is 0 Å². The van der Waals surface area contributed by atoms with Crippen molar-refractivity contribution in [3.05, 3.63) is 0 Å². The molecule has 15 heavy (non-hydrogen) atoms. The standard InChI is InChI=1S/C10H21FN2.C2H6/c1-8(2)13-6-5-10(12(3)4)9(11)7-13;1-2/h8-10H,5-7H2,1-4H3;1-2H3. The number of likely N-dealkylation sites (tertiary alicyclic amines) is 1. The number of alkyl halides is 1. The highest BCUT2D eigenvalue weighted by Crippen LogP contribution is 2.19. The summed E-state index contributed by atoms with van der Waals surface area (Å²) in [4.78, 5) is 4.22. The molecule has 0 aromatic heterocycles. The van der Waals surface area contributed by atoms with Gasteiger partial charge in [0.05, 0.1) is 0 Å². The third-order valence-corrected chi connectivity index (χ3v) is 2.93. The minimum atomic E-state index is -0.689. The van der Waals surface area contributed by atoms with E-state index in [1.54, 1.807) is 0 Å². The van der Waals surface area contributed by atoms with E-state index in [2.05, 4.69) is 18.7 Å². The number of hydrogen-bond donors (Lipinski definition) is 0. The highest BCUT2D eigenvalue weighted by Gasteiger charge is 2.31. The van der Waals surface area contributed by atoms with E-state index in [9.17, 15) is 4.39 Å². The Morgan fingerprint density at radius 3 is 2.13 bits per heavy atom. The topological polar surface area (TPSA) is 6.48 Å². The predicted molar refractivity (Wildman–Crippen MR) is 65.0 cm³/mol. The van der Waals surface area contributed by atoms with Crippen LogP contribution in [0.1, 0.15) is 34.1 Å². The Morgan fingerprint density at radius 1 is 1.27 bits per heavy atom. The number of rotatable bonds is 2. The first-order valence-corrected chi connectivity index (χ1v) is 6.07. The summed E-state index contributed by atoms with van der Waals surface area (Å²) in [5, 5.41) is 0. The Labute approximate surface area is 94.4 Å². The molecule has 2 nitrogen and oxygen atoms in total. The SMILES string of the molecule is CC.CC(C)N1CCC(N(C)C)C(F)C1. The fraction of sp³-hybridized carbons (Fsp3) is 1.00. The van der Waals surface area contributed by atoms with Gasteiger partial charge >= 0.3 is 0 Å². The first-order chi connectivity index (χ1) is 7.02. The molecule has 1 aliphatic rings. The van der Waals surface area contributed by atoms with E-state index in [-0.39, 0.29) is 6.04 Å². The van der Waals surface area contributed by atoms with Crippen molar-refractivity contribution in [1.82, 2.24) is 9.80 Å². The molecular formula is C12H27FN2. The maximum absolute atomic E-state index is 13.6. The maximum Gasteiger partial charge on any atom is 0.128 e. The fourth-order valence-corrected chi connectivity index (χ4v) is 1.97. The maximum atomic E-state index is 13.6. The highest BCUT2D eigenvalue weighted by atomic mass is 19.1. The van der Waals surface area contributed by atoms with Gasteiger partial charge in [-0.3, -0.25) is 4.90 Å². The Bertz CT molecular complexity index is 160. The lowest BCUT2D eigenvalue weighted by molar-refractivity contribution is 0.0435. The minimum Gasteiger partial charge on any atom is -0.303 e. The number of hydrogen-bond acceptors (Lipinski definition) is 2. The number of piperidine rings is 1. The molecule has 1 heterocycles. The van der Waals surface area contributed by atoms with Gasteiger partial charge in [0.15, 0.2) is 0 Å². The first kappa shape index (κ1) is 14.8. The second-order valence-corrected chi connectivity index (χ2v) is 4.42. The lowest BCUT2D eigenvalue weighted by atomic mass is 10.0. The zero-order valence-electron chi connectivity index (χ0n) is 11.1. The average molecular weight is 218 g/mol. The van der Waals surface area contributed by atoms with E-state index in [0.29, 0.717) is 12.6 Å². The van der Waals surface area contributed by atoms with Crippen LogP contribution in [0.5, 0.6) is 0 Å². The van der Waals surface area contributed by atoms with Crippen LogP contribution in [0, 0.1) is 0 Å². The zero-order chi connectivity index (χ0) is 12.0. The van der Waals surface area contributed by atoms with E-state index in [1.807, 2.05) is 32.8 Å². The number of nitrogens with zero attached hydrogens (tertiary/aromatic N) is 2. The molecule has 0 radical (unpaired) electrons. The van der Waals surface area contributed by atoms with Gasteiger partial charge < -0.3 is 4.90 Å². The molecule has 1 aliphatic heterocycles. The van der Waals surface area contributed by atoms with E-state index in [4.69, 9.17) is 0 Å². The second kappa shape index (κ2) is 7.18. The van der Waals surface area contributed by atoms with E-state index < -0.39 is 6.17 Å². The van der Waals surface area contributed by atoms with Crippen LogP contribution in [0.3, 0.4) is 0 Å². The van der Waals surface area contributed by atoms with Crippen LogP contribution in [0.25, 0.3) is 0 Å². The lowest BCUT2D eigenvalue weighted by Gasteiger charge is -2.39. The van der Waals surface area contributed by atoms with Crippen molar-refractivity contribution in [2.24, 2.45) is 0 Å². The lowest BCUT2D eigenvalue weighted by Crippen LogP contribution is -2.52. The molecule has 92 valence electrons. The molecule has 0 aromatic rings. The van der Waals surface area contributed by atoms with Crippen molar-refractivity contribution in [3.8, 4) is 0 Å². The van der Waals surface area contributed by atoms with Gasteiger partial charge in [-0.2, -0.15) is 0 Å². The Hall–Kier alpha value is -0.150. The zero-order valence-corrected chi connectivity index (χ0v) is 11.1. The van der Waals surface area contributed by atoms with Gasteiger partial charge in [-0.05, 0) is 34.4 Å².